The van der Waals surface area contributed by atoms with Crippen LogP contribution in [-0.4, -0.2) is 10.1 Å². The van der Waals surface area contributed by atoms with E-state index in [9.17, 15) is 5.11 Å². The van der Waals surface area contributed by atoms with Gasteiger partial charge in [0.25, 0.3) is 0 Å². The SMILES string of the molecule is CC#CCCC(O)c1ccc2ncccc2c1. The normalized spacial score (nSPS) is 11.9. The van der Waals surface area contributed by atoms with Crippen LogP contribution in [0.2, 0.25) is 0 Å². The molecule has 0 aliphatic rings. The molecular weight excluding hydrogens is 210 g/mol. The summed E-state index contributed by atoms with van der Waals surface area (Å²) < 4.78 is 0. The topological polar surface area (TPSA) is 33.1 Å². The molecule has 1 unspecified atom stereocenters. The van der Waals surface area contributed by atoms with Gasteiger partial charge in [-0.1, -0.05) is 12.1 Å². The molecule has 0 saturated carbocycles. The summed E-state index contributed by atoms with van der Waals surface area (Å²) in [6.45, 7) is 1.81. The van der Waals surface area contributed by atoms with E-state index in [0.29, 0.717) is 6.42 Å². The van der Waals surface area contributed by atoms with Gasteiger partial charge in [0.1, 0.15) is 0 Å². The predicted molar refractivity (Wildman–Crippen MR) is 69.4 cm³/mol. The minimum Gasteiger partial charge on any atom is -0.388 e. The Balaban J connectivity index is 2.19. The molecule has 0 bridgehead atoms. The molecule has 17 heavy (non-hydrogen) atoms. The molecule has 0 saturated heterocycles. The highest BCUT2D eigenvalue weighted by atomic mass is 16.3. The maximum atomic E-state index is 10.0. The van der Waals surface area contributed by atoms with Crippen LogP contribution in [0, 0.1) is 11.8 Å². The Hall–Kier alpha value is -1.85. The molecule has 1 N–H and O–H groups in total. The highest BCUT2D eigenvalue weighted by molar-refractivity contribution is 5.78. The third-order valence-corrected chi connectivity index (χ3v) is 2.73. The second-order valence-corrected chi connectivity index (χ2v) is 3.94. The van der Waals surface area contributed by atoms with Crippen molar-refractivity contribution in [2.45, 2.75) is 25.9 Å². The Morgan fingerprint density at radius 3 is 3.06 bits per heavy atom. The maximum Gasteiger partial charge on any atom is 0.0799 e. The average Bonchev–Trinajstić information content (AvgIpc) is 2.38. The van der Waals surface area contributed by atoms with Crippen LogP contribution >= 0.6 is 0 Å². The fraction of sp³-hybridized carbons (Fsp3) is 0.267. The van der Waals surface area contributed by atoms with Crippen molar-refractivity contribution in [2.24, 2.45) is 0 Å². The van der Waals surface area contributed by atoms with Crippen LogP contribution in [0.25, 0.3) is 10.9 Å². The molecule has 2 heteroatoms. The van der Waals surface area contributed by atoms with Crippen molar-refractivity contribution in [3.8, 4) is 11.8 Å². The van der Waals surface area contributed by atoms with Gasteiger partial charge in [-0.3, -0.25) is 4.98 Å². The Bertz CT molecular complexity index is 566. The minimum atomic E-state index is -0.444. The van der Waals surface area contributed by atoms with Crippen LogP contribution in [0.5, 0.6) is 0 Å². The van der Waals surface area contributed by atoms with Crippen molar-refractivity contribution in [3.63, 3.8) is 0 Å². The molecule has 0 aliphatic heterocycles. The molecule has 1 heterocycles. The van der Waals surface area contributed by atoms with Crippen LogP contribution < -0.4 is 0 Å². The lowest BCUT2D eigenvalue weighted by Crippen LogP contribution is -1.96. The van der Waals surface area contributed by atoms with Gasteiger partial charge in [0.15, 0.2) is 0 Å². The summed E-state index contributed by atoms with van der Waals surface area (Å²) in [7, 11) is 0. The number of hydrogen-bond acceptors (Lipinski definition) is 2. The number of aromatic nitrogens is 1. The van der Waals surface area contributed by atoms with Gasteiger partial charge in [-0.25, -0.2) is 0 Å². The zero-order valence-electron chi connectivity index (χ0n) is 9.85. The van der Waals surface area contributed by atoms with E-state index in [4.69, 9.17) is 0 Å². The number of pyridine rings is 1. The second kappa shape index (κ2) is 5.47. The Labute approximate surface area is 101 Å². The van der Waals surface area contributed by atoms with Gasteiger partial charge >= 0.3 is 0 Å². The highest BCUT2D eigenvalue weighted by Gasteiger charge is 2.07. The van der Waals surface area contributed by atoms with Gasteiger partial charge in [0.2, 0.25) is 0 Å². The molecule has 0 fully saturated rings. The smallest absolute Gasteiger partial charge is 0.0799 e. The first kappa shape index (κ1) is 11.6. The number of benzene rings is 1. The number of aliphatic hydroxyl groups excluding tert-OH is 1. The lowest BCUT2D eigenvalue weighted by molar-refractivity contribution is 0.169. The minimum absolute atomic E-state index is 0.444. The molecule has 2 rings (SSSR count). The maximum absolute atomic E-state index is 10.0. The van der Waals surface area contributed by atoms with Gasteiger partial charge in [-0.05, 0) is 37.1 Å². The van der Waals surface area contributed by atoms with Crippen molar-refractivity contribution < 1.29 is 5.11 Å². The van der Waals surface area contributed by atoms with Gasteiger partial charge < -0.3 is 5.11 Å². The van der Waals surface area contributed by atoms with E-state index >= 15 is 0 Å². The van der Waals surface area contributed by atoms with Crippen molar-refractivity contribution in [2.75, 3.05) is 0 Å². The van der Waals surface area contributed by atoms with Gasteiger partial charge in [-0.2, -0.15) is 0 Å². The van der Waals surface area contributed by atoms with Gasteiger partial charge in [0.05, 0.1) is 11.6 Å². The Morgan fingerprint density at radius 1 is 1.35 bits per heavy atom. The summed E-state index contributed by atoms with van der Waals surface area (Å²) in [5, 5.41) is 11.1. The van der Waals surface area contributed by atoms with Crippen LogP contribution in [-0.2, 0) is 0 Å². The number of rotatable bonds is 3. The van der Waals surface area contributed by atoms with E-state index in [1.807, 2.05) is 37.3 Å². The lowest BCUT2D eigenvalue weighted by Gasteiger charge is -2.09. The number of fused-ring (bicyclic) bond motifs is 1. The van der Waals surface area contributed by atoms with Crippen LogP contribution in [0.4, 0.5) is 0 Å². The second-order valence-electron chi connectivity index (χ2n) is 3.94. The van der Waals surface area contributed by atoms with Crippen molar-refractivity contribution in [1.82, 2.24) is 4.98 Å². The van der Waals surface area contributed by atoms with E-state index in [1.54, 1.807) is 6.20 Å². The summed E-state index contributed by atoms with van der Waals surface area (Å²) >= 11 is 0. The van der Waals surface area contributed by atoms with E-state index in [-0.39, 0.29) is 0 Å². The summed E-state index contributed by atoms with van der Waals surface area (Å²) in [6.07, 6.45) is 2.73. The first-order valence-corrected chi connectivity index (χ1v) is 5.73. The van der Waals surface area contributed by atoms with Crippen molar-refractivity contribution >= 4 is 10.9 Å². The first-order chi connectivity index (χ1) is 8.31. The van der Waals surface area contributed by atoms with Gasteiger partial charge in [-0.15, -0.1) is 11.8 Å². The molecule has 0 amide bonds. The fourth-order valence-corrected chi connectivity index (χ4v) is 1.80. The zero-order chi connectivity index (χ0) is 12.1. The summed E-state index contributed by atoms with van der Waals surface area (Å²) in [5.41, 5.74) is 1.89. The largest absolute Gasteiger partial charge is 0.388 e. The molecule has 0 aliphatic carbocycles. The quantitative estimate of drug-likeness (QED) is 0.814. The number of hydrogen-bond donors (Lipinski definition) is 1. The van der Waals surface area contributed by atoms with Crippen molar-refractivity contribution in [3.05, 3.63) is 42.1 Å². The molecule has 0 radical (unpaired) electrons. The monoisotopic (exact) mass is 225 g/mol. The lowest BCUT2D eigenvalue weighted by atomic mass is 10.0. The highest BCUT2D eigenvalue weighted by Crippen LogP contribution is 2.21. The van der Waals surface area contributed by atoms with E-state index in [1.165, 1.54) is 0 Å². The van der Waals surface area contributed by atoms with Crippen LogP contribution in [0.15, 0.2) is 36.5 Å². The van der Waals surface area contributed by atoms with Crippen LogP contribution in [0.1, 0.15) is 31.4 Å². The molecule has 2 aromatic rings. The van der Waals surface area contributed by atoms with E-state index < -0.39 is 6.10 Å². The molecule has 1 aromatic carbocycles. The third-order valence-electron chi connectivity index (χ3n) is 2.73. The standard InChI is InChI=1S/C15H15NO/c1-2-3-4-7-15(17)13-8-9-14-12(11-13)6-5-10-16-14/h5-6,8-11,15,17H,4,7H2,1H3. The molecule has 1 atom stereocenters. The molecule has 2 nitrogen and oxygen atoms in total. The Morgan fingerprint density at radius 2 is 2.24 bits per heavy atom. The van der Waals surface area contributed by atoms with E-state index in [2.05, 4.69) is 16.8 Å². The van der Waals surface area contributed by atoms with Crippen LogP contribution in [0.3, 0.4) is 0 Å². The van der Waals surface area contributed by atoms with Crippen molar-refractivity contribution in [1.29, 1.82) is 0 Å². The summed E-state index contributed by atoms with van der Waals surface area (Å²) in [6, 6.07) is 9.77. The molecule has 86 valence electrons. The number of aliphatic hydroxyl groups is 1. The zero-order valence-corrected chi connectivity index (χ0v) is 9.85. The molecular formula is C15H15NO. The first-order valence-electron chi connectivity index (χ1n) is 5.73. The predicted octanol–water partition coefficient (Wildman–Crippen LogP) is 3.07. The van der Waals surface area contributed by atoms with E-state index in [0.717, 1.165) is 22.9 Å². The summed E-state index contributed by atoms with van der Waals surface area (Å²) in [4.78, 5) is 4.25. The average molecular weight is 225 g/mol. The van der Waals surface area contributed by atoms with Gasteiger partial charge in [0, 0.05) is 18.0 Å². The molecule has 1 aromatic heterocycles. The fourth-order valence-electron chi connectivity index (χ4n) is 1.80. The molecule has 0 spiro atoms. The summed E-state index contributed by atoms with van der Waals surface area (Å²) in [5.74, 6) is 5.80. The third kappa shape index (κ3) is 2.83. The Kier molecular flexibility index (Phi) is 3.74. The number of nitrogens with zero attached hydrogens (tertiary/aromatic N) is 1.